The molecule has 3 saturated heterocycles. The average Bonchev–Trinajstić information content (AvgIpc) is 3.26. The highest BCUT2D eigenvalue weighted by molar-refractivity contribution is 6.07. The number of urea groups is 1. The zero-order valence-electron chi connectivity index (χ0n) is 16.3. The van der Waals surface area contributed by atoms with E-state index < -0.39 is 17.5 Å². The van der Waals surface area contributed by atoms with Crippen LogP contribution >= 0.6 is 0 Å². The second-order valence-corrected chi connectivity index (χ2v) is 8.85. The smallest absolute Gasteiger partial charge is 0.325 e. The number of amides is 3. The normalized spacial score (nSPS) is 29.0. The number of hydrogen-bond acceptors (Lipinski definition) is 6. The maximum absolute atomic E-state index is 13.1. The largest absolute Gasteiger partial charge is 0.464 e. The molecule has 146 valence electrons. The van der Waals surface area contributed by atoms with Crippen LogP contribution in [0.3, 0.4) is 0 Å². The standard InChI is InChI=1S/C18H29N3O5/c1-12(22)25-7-6-20-14(23)18(19-15(20)24)10-16(2,3)21(8-13-9-26-13)17(4,5)11-18/h13H,6-11H2,1-5H3,(H,19,24). The molecule has 0 aromatic carbocycles. The molecule has 1 N–H and O–H groups in total. The van der Waals surface area contributed by atoms with Crippen molar-refractivity contribution in [2.75, 3.05) is 26.3 Å². The van der Waals surface area contributed by atoms with Crippen molar-refractivity contribution in [3.05, 3.63) is 0 Å². The second kappa shape index (κ2) is 6.20. The lowest BCUT2D eigenvalue weighted by Crippen LogP contribution is -2.70. The van der Waals surface area contributed by atoms with E-state index in [0.717, 1.165) is 13.2 Å². The zero-order chi connectivity index (χ0) is 19.3. The van der Waals surface area contributed by atoms with Crippen molar-refractivity contribution in [3.8, 4) is 0 Å². The third kappa shape index (κ3) is 3.44. The fraction of sp³-hybridized carbons (Fsp3) is 0.833. The Kier molecular flexibility index (Phi) is 4.55. The Bertz CT molecular complexity index is 608. The molecule has 3 aliphatic heterocycles. The Hall–Kier alpha value is -1.67. The number of epoxide rings is 1. The van der Waals surface area contributed by atoms with Gasteiger partial charge in [-0.3, -0.25) is 19.4 Å². The van der Waals surface area contributed by atoms with Crippen LogP contribution in [0, 0.1) is 0 Å². The van der Waals surface area contributed by atoms with Crippen molar-refractivity contribution < 1.29 is 23.9 Å². The SMILES string of the molecule is CC(=O)OCCN1C(=O)NC2(CC(C)(C)N(CC3CO3)C(C)(C)C2)C1=O. The number of carbonyl (C=O) groups is 3. The van der Waals surface area contributed by atoms with Gasteiger partial charge in [-0.1, -0.05) is 0 Å². The zero-order valence-corrected chi connectivity index (χ0v) is 16.3. The topological polar surface area (TPSA) is 91.5 Å². The number of hydrogen-bond donors (Lipinski definition) is 1. The van der Waals surface area contributed by atoms with Crippen LogP contribution in [-0.4, -0.2) is 76.7 Å². The van der Waals surface area contributed by atoms with Gasteiger partial charge >= 0.3 is 12.0 Å². The average molecular weight is 367 g/mol. The first-order chi connectivity index (χ1) is 12.0. The number of imide groups is 1. The summed E-state index contributed by atoms with van der Waals surface area (Å²) < 4.78 is 10.3. The summed E-state index contributed by atoms with van der Waals surface area (Å²) in [6, 6.07) is -0.410. The summed E-state index contributed by atoms with van der Waals surface area (Å²) in [7, 11) is 0. The lowest BCUT2D eigenvalue weighted by Gasteiger charge is -2.57. The molecule has 1 spiro atoms. The molecule has 3 heterocycles. The number of nitrogens with zero attached hydrogens (tertiary/aromatic N) is 2. The van der Waals surface area contributed by atoms with Gasteiger partial charge in [-0.2, -0.15) is 0 Å². The lowest BCUT2D eigenvalue weighted by atomic mass is 9.69. The van der Waals surface area contributed by atoms with Gasteiger partial charge < -0.3 is 14.8 Å². The highest BCUT2D eigenvalue weighted by Gasteiger charge is 2.61. The molecule has 0 aliphatic carbocycles. The van der Waals surface area contributed by atoms with E-state index in [9.17, 15) is 14.4 Å². The van der Waals surface area contributed by atoms with Gasteiger partial charge in [0.25, 0.3) is 5.91 Å². The molecule has 0 aromatic heterocycles. The molecule has 8 nitrogen and oxygen atoms in total. The molecule has 1 unspecified atom stereocenters. The molecule has 3 rings (SSSR count). The van der Waals surface area contributed by atoms with E-state index >= 15 is 0 Å². The van der Waals surface area contributed by atoms with Gasteiger partial charge in [0.1, 0.15) is 12.1 Å². The first-order valence-electron chi connectivity index (χ1n) is 9.14. The molecule has 0 saturated carbocycles. The number of ether oxygens (including phenoxy) is 2. The number of carbonyl (C=O) groups excluding carboxylic acids is 3. The van der Waals surface area contributed by atoms with E-state index in [1.807, 2.05) is 0 Å². The number of nitrogens with one attached hydrogen (secondary N) is 1. The summed E-state index contributed by atoms with van der Waals surface area (Å²) in [6.07, 6.45) is 1.33. The molecular formula is C18H29N3O5. The molecule has 3 aliphatic rings. The number of likely N-dealkylation sites (tertiary alicyclic amines) is 1. The molecule has 1 atom stereocenters. The van der Waals surface area contributed by atoms with Gasteiger partial charge in [-0.05, 0) is 40.5 Å². The van der Waals surface area contributed by atoms with Crippen LogP contribution in [0.2, 0.25) is 0 Å². The minimum absolute atomic E-state index is 0.0164. The first-order valence-corrected chi connectivity index (χ1v) is 9.14. The van der Waals surface area contributed by atoms with E-state index in [1.165, 1.54) is 11.8 Å². The Morgan fingerprint density at radius 1 is 1.23 bits per heavy atom. The Balaban J connectivity index is 1.78. The van der Waals surface area contributed by atoms with Crippen molar-refractivity contribution >= 4 is 17.9 Å². The third-order valence-electron chi connectivity index (χ3n) is 5.58. The fourth-order valence-corrected chi connectivity index (χ4v) is 4.82. The van der Waals surface area contributed by atoms with Gasteiger partial charge in [0, 0.05) is 24.5 Å². The van der Waals surface area contributed by atoms with Crippen LogP contribution in [0.25, 0.3) is 0 Å². The summed E-state index contributed by atoms with van der Waals surface area (Å²) in [5.41, 5.74) is -1.47. The van der Waals surface area contributed by atoms with Gasteiger partial charge in [0.15, 0.2) is 0 Å². The van der Waals surface area contributed by atoms with Crippen LogP contribution in [0.15, 0.2) is 0 Å². The van der Waals surface area contributed by atoms with Crippen molar-refractivity contribution in [1.29, 1.82) is 0 Å². The summed E-state index contributed by atoms with van der Waals surface area (Å²) in [4.78, 5) is 40.1. The van der Waals surface area contributed by atoms with Crippen LogP contribution in [0.1, 0.15) is 47.5 Å². The van der Waals surface area contributed by atoms with Crippen molar-refractivity contribution in [2.24, 2.45) is 0 Å². The highest BCUT2D eigenvalue weighted by atomic mass is 16.6. The summed E-state index contributed by atoms with van der Waals surface area (Å²) in [5, 5.41) is 2.95. The minimum Gasteiger partial charge on any atom is -0.464 e. The molecule has 26 heavy (non-hydrogen) atoms. The molecule has 3 amide bonds. The predicted octanol–water partition coefficient (Wildman–Crippen LogP) is 0.892. The maximum atomic E-state index is 13.1. The van der Waals surface area contributed by atoms with Crippen molar-refractivity contribution in [2.45, 2.75) is 70.2 Å². The van der Waals surface area contributed by atoms with Crippen LogP contribution in [-0.2, 0) is 19.1 Å². The van der Waals surface area contributed by atoms with Crippen LogP contribution in [0.5, 0.6) is 0 Å². The summed E-state index contributed by atoms with van der Waals surface area (Å²) in [6.45, 7) is 11.4. The molecule has 0 bridgehead atoms. The quantitative estimate of drug-likeness (QED) is 0.441. The van der Waals surface area contributed by atoms with Gasteiger partial charge in [0.2, 0.25) is 0 Å². The van der Waals surface area contributed by atoms with Gasteiger partial charge in [-0.25, -0.2) is 4.79 Å². The van der Waals surface area contributed by atoms with E-state index in [2.05, 4.69) is 37.9 Å². The predicted molar refractivity (Wildman–Crippen MR) is 93.4 cm³/mol. The molecule has 3 fully saturated rings. The lowest BCUT2D eigenvalue weighted by molar-refractivity contribution is -0.145. The molecule has 8 heteroatoms. The summed E-state index contributed by atoms with van der Waals surface area (Å²) in [5.74, 6) is -0.650. The Morgan fingerprint density at radius 3 is 2.31 bits per heavy atom. The summed E-state index contributed by atoms with van der Waals surface area (Å²) >= 11 is 0. The highest BCUT2D eigenvalue weighted by Crippen LogP contribution is 2.46. The third-order valence-corrected chi connectivity index (χ3v) is 5.58. The maximum Gasteiger partial charge on any atom is 0.325 e. The number of esters is 1. The number of piperidine rings is 1. The van der Waals surface area contributed by atoms with Crippen LogP contribution in [0.4, 0.5) is 4.79 Å². The van der Waals surface area contributed by atoms with Crippen LogP contribution < -0.4 is 5.32 Å². The Morgan fingerprint density at radius 2 is 1.81 bits per heavy atom. The molecular weight excluding hydrogens is 338 g/mol. The monoisotopic (exact) mass is 367 g/mol. The van der Waals surface area contributed by atoms with E-state index in [4.69, 9.17) is 9.47 Å². The van der Waals surface area contributed by atoms with Gasteiger partial charge in [-0.15, -0.1) is 0 Å². The Labute approximate surface area is 154 Å². The fourth-order valence-electron chi connectivity index (χ4n) is 4.82. The molecule has 0 aromatic rings. The van der Waals surface area contributed by atoms with Crippen molar-refractivity contribution in [1.82, 2.24) is 15.1 Å². The van der Waals surface area contributed by atoms with Gasteiger partial charge in [0.05, 0.1) is 19.3 Å². The van der Waals surface area contributed by atoms with E-state index in [1.54, 1.807) is 0 Å². The minimum atomic E-state index is -0.915. The first kappa shape index (κ1) is 19.1. The van der Waals surface area contributed by atoms with E-state index in [-0.39, 0.29) is 36.2 Å². The van der Waals surface area contributed by atoms with E-state index in [0.29, 0.717) is 12.8 Å². The number of rotatable bonds is 5. The molecule has 0 radical (unpaired) electrons. The second-order valence-electron chi connectivity index (χ2n) is 8.85. The van der Waals surface area contributed by atoms with Crippen molar-refractivity contribution in [3.63, 3.8) is 0 Å².